The lowest BCUT2D eigenvalue weighted by atomic mass is 9.83. The van der Waals surface area contributed by atoms with Crippen LogP contribution in [0.4, 0.5) is 0 Å². The fourth-order valence-corrected chi connectivity index (χ4v) is 4.39. The van der Waals surface area contributed by atoms with Crippen molar-refractivity contribution in [1.29, 1.82) is 0 Å². The van der Waals surface area contributed by atoms with Crippen molar-refractivity contribution in [2.24, 2.45) is 11.8 Å². The smallest absolute Gasteiger partial charge is 0.0224 e. The van der Waals surface area contributed by atoms with Gasteiger partial charge in [0.25, 0.3) is 0 Å². The molecular weight excluding hydrogens is 208 g/mol. The zero-order chi connectivity index (χ0) is 11.7. The molecule has 0 aromatic rings. The van der Waals surface area contributed by atoms with Gasteiger partial charge in [-0.25, -0.2) is 0 Å². The van der Waals surface area contributed by atoms with E-state index in [-0.39, 0.29) is 0 Å². The minimum atomic E-state index is 0.441. The van der Waals surface area contributed by atoms with Crippen LogP contribution in [0.1, 0.15) is 58.3 Å². The van der Waals surface area contributed by atoms with Gasteiger partial charge in [-0.15, -0.1) is 0 Å². The first-order valence-electron chi connectivity index (χ1n) is 7.75. The van der Waals surface area contributed by atoms with Crippen LogP contribution >= 0.6 is 0 Å². The Morgan fingerprint density at radius 3 is 2.76 bits per heavy atom. The molecule has 3 atom stereocenters. The fraction of sp³-hybridized carbons (Fsp3) is 1.00. The second-order valence-corrected chi connectivity index (χ2v) is 6.87. The molecule has 2 saturated carbocycles. The van der Waals surface area contributed by atoms with Crippen molar-refractivity contribution in [3.63, 3.8) is 0 Å². The Bertz CT molecular complexity index is 258. The number of hydrogen-bond donors (Lipinski definition) is 2. The van der Waals surface area contributed by atoms with Crippen LogP contribution in [0.2, 0.25) is 0 Å². The van der Waals surface area contributed by atoms with Crippen molar-refractivity contribution in [3.8, 4) is 0 Å². The van der Waals surface area contributed by atoms with Crippen molar-refractivity contribution < 1.29 is 0 Å². The molecular formula is C15H28N2. The quantitative estimate of drug-likeness (QED) is 0.787. The van der Waals surface area contributed by atoms with Gasteiger partial charge in [0.1, 0.15) is 0 Å². The first-order chi connectivity index (χ1) is 8.27. The second kappa shape index (κ2) is 4.89. The number of nitrogens with one attached hydrogen (secondary N) is 2. The maximum atomic E-state index is 3.89. The lowest BCUT2D eigenvalue weighted by Gasteiger charge is -2.36. The van der Waals surface area contributed by atoms with E-state index >= 15 is 0 Å². The predicted molar refractivity (Wildman–Crippen MR) is 72.1 cm³/mol. The molecule has 0 radical (unpaired) electrons. The van der Waals surface area contributed by atoms with E-state index in [0.29, 0.717) is 5.54 Å². The van der Waals surface area contributed by atoms with Gasteiger partial charge in [-0.05, 0) is 51.0 Å². The van der Waals surface area contributed by atoms with Gasteiger partial charge in [0.15, 0.2) is 0 Å². The summed E-state index contributed by atoms with van der Waals surface area (Å²) in [6.45, 7) is 4.93. The molecule has 98 valence electrons. The Morgan fingerprint density at radius 2 is 1.94 bits per heavy atom. The van der Waals surface area contributed by atoms with Crippen LogP contribution in [-0.2, 0) is 0 Å². The van der Waals surface area contributed by atoms with Gasteiger partial charge in [-0.3, -0.25) is 0 Å². The fourth-order valence-electron chi connectivity index (χ4n) is 4.39. The maximum Gasteiger partial charge on any atom is 0.0224 e. The van der Waals surface area contributed by atoms with E-state index in [9.17, 15) is 0 Å². The molecule has 2 nitrogen and oxygen atoms in total. The van der Waals surface area contributed by atoms with Crippen LogP contribution in [0.5, 0.6) is 0 Å². The first-order valence-corrected chi connectivity index (χ1v) is 7.75. The summed E-state index contributed by atoms with van der Waals surface area (Å²) in [4.78, 5) is 0. The summed E-state index contributed by atoms with van der Waals surface area (Å²) in [5, 5.41) is 7.64. The van der Waals surface area contributed by atoms with E-state index < -0.39 is 0 Å². The Labute approximate surface area is 106 Å². The van der Waals surface area contributed by atoms with Crippen molar-refractivity contribution in [3.05, 3.63) is 0 Å². The highest BCUT2D eigenvalue weighted by atomic mass is 15.1. The van der Waals surface area contributed by atoms with E-state index in [1.54, 1.807) is 0 Å². The third-order valence-electron chi connectivity index (χ3n) is 5.58. The first kappa shape index (κ1) is 12.0. The molecule has 0 bridgehead atoms. The molecule has 0 aromatic heterocycles. The van der Waals surface area contributed by atoms with Crippen molar-refractivity contribution in [2.45, 2.75) is 69.9 Å². The van der Waals surface area contributed by atoms with Crippen LogP contribution in [0, 0.1) is 11.8 Å². The molecule has 2 N–H and O–H groups in total. The molecule has 3 rings (SSSR count). The van der Waals surface area contributed by atoms with Gasteiger partial charge in [0.05, 0.1) is 0 Å². The SMILES string of the molecule is CC1(NCC2NCC3CCCC32)CCCCC1. The molecule has 17 heavy (non-hydrogen) atoms. The van der Waals surface area contributed by atoms with Crippen molar-refractivity contribution in [1.82, 2.24) is 10.6 Å². The Kier molecular flexibility index (Phi) is 3.45. The van der Waals surface area contributed by atoms with Crippen LogP contribution in [0.25, 0.3) is 0 Å². The van der Waals surface area contributed by atoms with Gasteiger partial charge < -0.3 is 10.6 Å². The zero-order valence-electron chi connectivity index (χ0n) is 11.3. The molecule has 1 saturated heterocycles. The Balaban J connectivity index is 1.50. The molecule has 2 aliphatic carbocycles. The molecule has 3 fully saturated rings. The van der Waals surface area contributed by atoms with Gasteiger partial charge >= 0.3 is 0 Å². The van der Waals surface area contributed by atoms with Gasteiger partial charge in [0.2, 0.25) is 0 Å². The van der Waals surface area contributed by atoms with Crippen LogP contribution in [0.3, 0.4) is 0 Å². The van der Waals surface area contributed by atoms with Gasteiger partial charge in [-0.2, -0.15) is 0 Å². The van der Waals surface area contributed by atoms with Gasteiger partial charge in [0, 0.05) is 18.1 Å². The molecule has 0 spiro atoms. The summed E-state index contributed by atoms with van der Waals surface area (Å²) >= 11 is 0. The van der Waals surface area contributed by atoms with Crippen LogP contribution < -0.4 is 10.6 Å². The predicted octanol–water partition coefficient (Wildman–Crippen LogP) is 2.69. The van der Waals surface area contributed by atoms with Crippen LogP contribution in [0.15, 0.2) is 0 Å². The monoisotopic (exact) mass is 236 g/mol. The maximum absolute atomic E-state index is 3.89. The standard InChI is InChI=1S/C15H28N2/c1-15(8-3-2-4-9-15)17-11-14-13-7-5-6-12(13)10-16-14/h12-14,16-17H,2-11H2,1H3. The number of fused-ring (bicyclic) bond motifs is 1. The molecule has 0 aromatic carbocycles. The topological polar surface area (TPSA) is 24.1 Å². The van der Waals surface area contributed by atoms with Crippen LogP contribution in [-0.4, -0.2) is 24.7 Å². The lowest BCUT2D eigenvalue weighted by molar-refractivity contribution is 0.238. The summed E-state index contributed by atoms with van der Waals surface area (Å²) in [6, 6.07) is 0.765. The molecule has 1 aliphatic heterocycles. The largest absolute Gasteiger partial charge is 0.312 e. The summed E-state index contributed by atoms with van der Waals surface area (Å²) in [7, 11) is 0. The average molecular weight is 236 g/mol. The second-order valence-electron chi connectivity index (χ2n) is 6.87. The zero-order valence-corrected chi connectivity index (χ0v) is 11.3. The summed E-state index contributed by atoms with van der Waals surface area (Å²) in [5.41, 5.74) is 0.441. The third kappa shape index (κ3) is 2.53. The van der Waals surface area contributed by atoms with Crippen molar-refractivity contribution >= 4 is 0 Å². The number of rotatable bonds is 3. The summed E-state index contributed by atoms with van der Waals surface area (Å²) in [5.74, 6) is 1.98. The van der Waals surface area contributed by atoms with E-state index in [4.69, 9.17) is 0 Å². The minimum absolute atomic E-state index is 0.441. The lowest BCUT2D eigenvalue weighted by Crippen LogP contribution is -2.49. The molecule has 0 amide bonds. The molecule has 1 heterocycles. The van der Waals surface area contributed by atoms with E-state index in [2.05, 4.69) is 17.6 Å². The molecule has 3 unspecified atom stereocenters. The molecule has 2 heteroatoms. The highest BCUT2D eigenvalue weighted by molar-refractivity contribution is 4.97. The molecule has 3 aliphatic rings. The highest BCUT2D eigenvalue weighted by Gasteiger charge is 2.39. The third-order valence-corrected chi connectivity index (χ3v) is 5.58. The van der Waals surface area contributed by atoms with E-state index in [0.717, 1.165) is 17.9 Å². The van der Waals surface area contributed by atoms with E-state index in [1.807, 2.05) is 0 Å². The summed E-state index contributed by atoms with van der Waals surface area (Å²) < 4.78 is 0. The highest BCUT2D eigenvalue weighted by Crippen LogP contribution is 2.37. The Morgan fingerprint density at radius 1 is 1.12 bits per heavy atom. The summed E-state index contributed by atoms with van der Waals surface area (Å²) in [6.07, 6.45) is 11.5. The van der Waals surface area contributed by atoms with Gasteiger partial charge in [-0.1, -0.05) is 25.7 Å². The van der Waals surface area contributed by atoms with E-state index in [1.165, 1.54) is 64.5 Å². The normalized spacial score (nSPS) is 40.4. The number of hydrogen-bond acceptors (Lipinski definition) is 2. The van der Waals surface area contributed by atoms with Crippen molar-refractivity contribution in [2.75, 3.05) is 13.1 Å². The average Bonchev–Trinajstić information content (AvgIpc) is 2.90. The Hall–Kier alpha value is -0.0800. The minimum Gasteiger partial charge on any atom is -0.312 e.